The standard InChI is InChI=1S/C17H19NO3/c1-10(2)13-6-5-11(3)14(9-13)21-16-15(17(19)20)12(4)7-8-18-16/h5-10H,1-4H3,(H,19,20). The fraction of sp³-hybridized carbons (Fsp3) is 0.294. The maximum absolute atomic E-state index is 11.4. The minimum Gasteiger partial charge on any atom is -0.477 e. The summed E-state index contributed by atoms with van der Waals surface area (Å²) < 4.78 is 5.78. The largest absolute Gasteiger partial charge is 0.477 e. The van der Waals surface area contributed by atoms with Crippen molar-refractivity contribution in [3.05, 3.63) is 52.7 Å². The van der Waals surface area contributed by atoms with Gasteiger partial charge >= 0.3 is 5.97 Å². The van der Waals surface area contributed by atoms with Crippen LogP contribution in [0, 0.1) is 13.8 Å². The average Bonchev–Trinajstić information content (AvgIpc) is 2.40. The fourth-order valence-corrected chi connectivity index (χ4v) is 2.06. The van der Waals surface area contributed by atoms with Gasteiger partial charge in [0.15, 0.2) is 0 Å². The molecule has 0 fully saturated rings. The van der Waals surface area contributed by atoms with Gasteiger partial charge in [0.2, 0.25) is 5.88 Å². The summed E-state index contributed by atoms with van der Waals surface area (Å²) in [6, 6.07) is 7.62. The first-order valence-corrected chi connectivity index (χ1v) is 6.87. The van der Waals surface area contributed by atoms with Crippen molar-refractivity contribution in [3.63, 3.8) is 0 Å². The van der Waals surface area contributed by atoms with Crippen LogP contribution in [0.25, 0.3) is 0 Å². The zero-order valence-corrected chi connectivity index (χ0v) is 12.7. The number of rotatable bonds is 4. The zero-order valence-electron chi connectivity index (χ0n) is 12.7. The van der Waals surface area contributed by atoms with Gasteiger partial charge in [-0.15, -0.1) is 0 Å². The molecule has 0 aliphatic rings. The van der Waals surface area contributed by atoms with E-state index in [-0.39, 0.29) is 11.4 Å². The van der Waals surface area contributed by atoms with E-state index in [4.69, 9.17) is 4.74 Å². The minimum atomic E-state index is -1.03. The molecule has 0 aliphatic carbocycles. The highest BCUT2D eigenvalue weighted by molar-refractivity contribution is 5.91. The summed E-state index contributed by atoms with van der Waals surface area (Å²) in [7, 11) is 0. The van der Waals surface area contributed by atoms with E-state index >= 15 is 0 Å². The molecule has 4 heteroatoms. The van der Waals surface area contributed by atoms with Crippen molar-refractivity contribution < 1.29 is 14.6 Å². The lowest BCUT2D eigenvalue weighted by Crippen LogP contribution is -2.05. The molecule has 2 rings (SSSR count). The third kappa shape index (κ3) is 3.21. The first-order valence-electron chi connectivity index (χ1n) is 6.87. The Balaban J connectivity index is 2.46. The van der Waals surface area contributed by atoms with Gasteiger partial charge in [-0.25, -0.2) is 9.78 Å². The molecule has 0 radical (unpaired) electrons. The summed E-state index contributed by atoms with van der Waals surface area (Å²) in [5.41, 5.74) is 2.82. The molecule has 0 atom stereocenters. The Hall–Kier alpha value is -2.36. The average molecular weight is 285 g/mol. The molecular weight excluding hydrogens is 266 g/mol. The van der Waals surface area contributed by atoms with Crippen molar-refractivity contribution in [1.82, 2.24) is 4.98 Å². The van der Waals surface area contributed by atoms with Gasteiger partial charge in [0, 0.05) is 6.20 Å². The van der Waals surface area contributed by atoms with E-state index in [0.717, 1.165) is 11.1 Å². The quantitative estimate of drug-likeness (QED) is 0.909. The lowest BCUT2D eigenvalue weighted by molar-refractivity contribution is 0.0692. The Labute approximate surface area is 124 Å². The van der Waals surface area contributed by atoms with E-state index < -0.39 is 5.97 Å². The Morgan fingerprint density at radius 1 is 1.19 bits per heavy atom. The van der Waals surface area contributed by atoms with Crippen molar-refractivity contribution in [1.29, 1.82) is 0 Å². The van der Waals surface area contributed by atoms with E-state index in [2.05, 4.69) is 24.9 Å². The third-order valence-corrected chi connectivity index (χ3v) is 3.42. The molecule has 0 spiro atoms. The number of carboxylic acids is 1. The molecular formula is C17H19NO3. The summed E-state index contributed by atoms with van der Waals surface area (Å²) in [5.74, 6) is 0.110. The fourth-order valence-electron chi connectivity index (χ4n) is 2.06. The number of ether oxygens (including phenoxy) is 1. The number of pyridine rings is 1. The number of nitrogens with zero attached hydrogens (tertiary/aromatic N) is 1. The van der Waals surface area contributed by atoms with E-state index in [1.165, 1.54) is 0 Å². The number of carboxylic acid groups (broad SMARTS) is 1. The Morgan fingerprint density at radius 2 is 1.90 bits per heavy atom. The van der Waals surface area contributed by atoms with Crippen molar-refractivity contribution in [3.8, 4) is 11.6 Å². The SMILES string of the molecule is Cc1ccc(C(C)C)cc1Oc1nccc(C)c1C(=O)O. The molecule has 1 heterocycles. The number of hydrogen-bond acceptors (Lipinski definition) is 3. The number of benzene rings is 1. The molecule has 1 aromatic heterocycles. The normalized spacial score (nSPS) is 10.7. The highest BCUT2D eigenvalue weighted by Crippen LogP contribution is 2.30. The monoisotopic (exact) mass is 285 g/mol. The van der Waals surface area contributed by atoms with Gasteiger partial charge in [0.05, 0.1) is 0 Å². The number of aryl methyl sites for hydroxylation is 2. The van der Waals surface area contributed by atoms with Gasteiger partial charge in [-0.2, -0.15) is 0 Å². The lowest BCUT2D eigenvalue weighted by atomic mass is 10.0. The molecule has 0 saturated carbocycles. The summed E-state index contributed by atoms with van der Waals surface area (Å²) >= 11 is 0. The Bertz CT molecular complexity index is 678. The molecule has 1 aromatic carbocycles. The van der Waals surface area contributed by atoms with Crippen LogP contribution in [0.15, 0.2) is 30.5 Å². The molecule has 0 aliphatic heterocycles. The summed E-state index contributed by atoms with van der Waals surface area (Å²) in [6.07, 6.45) is 1.55. The van der Waals surface area contributed by atoms with Crippen LogP contribution in [-0.4, -0.2) is 16.1 Å². The van der Waals surface area contributed by atoms with Gasteiger partial charge in [0.1, 0.15) is 11.3 Å². The van der Waals surface area contributed by atoms with Gasteiger partial charge in [-0.3, -0.25) is 0 Å². The second-order valence-electron chi connectivity index (χ2n) is 5.39. The van der Waals surface area contributed by atoms with Crippen LogP contribution >= 0.6 is 0 Å². The van der Waals surface area contributed by atoms with Crippen LogP contribution in [0.5, 0.6) is 11.6 Å². The van der Waals surface area contributed by atoms with E-state index in [1.807, 2.05) is 19.1 Å². The van der Waals surface area contributed by atoms with Crippen LogP contribution in [0.1, 0.15) is 46.8 Å². The first-order chi connectivity index (χ1) is 9.90. The Kier molecular flexibility index (Phi) is 4.26. The lowest BCUT2D eigenvalue weighted by Gasteiger charge is -2.14. The summed E-state index contributed by atoms with van der Waals surface area (Å²) in [5, 5.41) is 9.32. The van der Waals surface area contributed by atoms with Crippen LogP contribution in [-0.2, 0) is 0 Å². The predicted molar refractivity (Wildman–Crippen MR) is 81.3 cm³/mol. The number of hydrogen-bond donors (Lipinski definition) is 1. The second kappa shape index (κ2) is 5.95. The summed E-state index contributed by atoms with van der Waals surface area (Å²) in [6.45, 7) is 7.86. The summed E-state index contributed by atoms with van der Waals surface area (Å²) in [4.78, 5) is 15.4. The van der Waals surface area contributed by atoms with E-state index in [1.54, 1.807) is 19.2 Å². The molecule has 0 unspecified atom stereocenters. The highest BCUT2D eigenvalue weighted by atomic mass is 16.5. The Morgan fingerprint density at radius 3 is 2.52 bits per heavy atom. The van der Waals surface area contributed by atoms with Crippen LogP contribution in [0.2, 0.25) is 0 Å². The molecule has 0 amide bonds. The maximum Gasteiger partial charge on any atom is 0.341 e. The van der Waals surface area contributed by atoms with E-state index in [9.17, 15) is 9.90 Å². The maximum atomic E-state index is 11.4. The molecule has 4 nitrogen and oxygen atoms in total. The van der Waals surface area contributed by atoms with Crippen LogP contribution in [0.4, 0.5) is 0 Å². The minimum absolute atomic E-state index is 0.104. The third-order valence-electron chi connectivity index (χ3n) is 3.42. The van der Waals surface area contributed by atoms with Crippen molar-refractivity contribution in [2.75, 3.05) is 0 Å². The van der Waals surface area contributed by atoms with Gasteiger partial charge in [-0.05, 0) is 48.6 Å². The molecule has 0 saturated heterocycles. The number of carbonyl (C=O) groups is 1. The van der Waals surface area contributed by atoms with E-state index in [0.29, 0.717) is 17.2 Å². The first kappa shape index (κ1) is 15.0. The molecule has 0 bridgehead atoms. The second-order valence-corrected chi connectivity index (χ2v) is 5.39. The van der Waals surface area contributed by atoms with Gasteiger partial charge in [-0.1, -0.05) is 26.0 Å². The van der Waals surface area contributed by atoms with Crippen LogP contribution in [0.3, 0.4) is 0 Å². The molecule has 1 N–H and O–H groups in total. The highest BCUT2D eigenvalue weighted by Gasteiger charge is 2.17. The molecule has 21 heavy (non-hydrogen) atoms. The predicted octanol–water partition coefficient (Wildman–Crippen LogP) is 4.31. The van der Waals surface area contributed by atoms with Crippen LogP contribution < -0.4 is 4.74 Å². The van der Waals surface area contributed by atoms with Crippen molar-refractivity contribution >= 4 is 5.97 Å². The van der Waals surface area contributed by atoms with Crippen molar-refractivity contribution in [2.24, 2.45) is 0 Å². The van der Waals surface area contributed by atoms with Gasteiger partial charge < -0.3 is 9.84 Å². The number of aromatic carboxylic acids is 1. The smallest absolute Gasteiger partial charge is 0.341 e. The number of aromatic nitrogens is 1. The molecule has 110 valence electrons. The topological polar surface area (TPSA) is 59.4 Å². The molecule has 2 aromatic rings. The zero-order chi connectivity index (χ0) is 15.6. The van der Waals surface area contributed by atoms with Gasteiger partial charge in [0.25, 0.3) is 0 Å². The van der Waals surface area contributed by atoms with Crippen molar-refractivity contribution in [2.45, 2.75) is 33.6 Å².